The van der Waals surface area contributed by atoms with Crippen LogP contribution in [0.15, 0.2) is 41.8 Å². The second-order valence-electron chi connectivity index (χ2n) is 7.01. The van der Waals surface area contributed by atoms with Crippen molar-refractivity contribution in [2.24, 2.45) is 0 Å². The van der Waals surface area contributed by atoms with E-state index in [9.17, 15) is 14.4 Å². The molecule has 1 aromatic carbocycles. The van der Waals surface area contributed by atoms with Gasteiger partial charge in [0, 0.05) is 12.2 Å². The van der Waals surface area contributed by atoms with Gasteiger partial charge in [0.25, 0.3) is 5.91 Å². The lowest BCUT2D eigenvalue weighted by atomic mass is 10.0. The SMILES string of the molecule is CC(C)OC(=O)c1ccc(NC(=O)[C@H]2CCCCN2C(=O)c2cccs2)cc1. The van der Waals surface area contributed by atoms with Crippen LogP contribution in [0, 0.1) is 0 Å². The summed E-state index contributed by atoms with van der Waals surface area (Å²) in [5.41, 5.74) is 1.01. The van der Waals surface area contributed by atoms with Gasteiger partial charge in [-0.05, 0) is 68.8 Å². The van der Waals surface area contributed by atoms with E-state index >= 15 is 0 Å². The van der Waals surface area contributed by atoms with Crippen LogP contribution in [0.3, 0.4) is 0 Å². The van der Waals surface area contributed by atoms with Gasteiger partial charge in [0.2, 0.25) is 5.91 Å². The van der Waals surface area contributed by atoms with E-state index in [0.29, 0.717) is 29.1 Å². The summed E-state index contributed by atoms with van der Waals surface area (Å²) < 4.78 is 5.16. The number of carbonyl (C=O) groups is 3. The van der Waals surface area contributed by atoms with Crippen molar-refractivity contribution in [3.8, 4) is 0 Å². The second-order valence-corrected chi connectivity index (χ2v) is 7.96. The number of likely N-dealkylation sites (tertiary alicyclic amines) is 1. The van der Waals surface area contributed by atoms with Gasteiger partial charge in [-0.1, -0.05) is 6.07 Å². The maximum Gasteiger partial charge on any atom is 0.338 e. The topological polar surface area (TPSA) is 75.7 Å². The van der Waals surface area contributed by atoms with Crippen LogP contribution >= 0.6 is 11.3 Å². The first kappa shape index (κ1) is 20.1. The molecule has 6 nitrogen and oxygen atoms in total. The van der Waals surface area contributed by atoms with E-state index in [0.717, 1.165) is 12.8 Å². The third-order valence-electron chi connectivity index (χ3n) is 4.53. The van der Waals surface area contributed by atoms with Gasteiger partial charge in [0.05, 0.1) is 16.5 Å². The standard InChI is InChI=1S/C21H24N2O4S/c1-14(2)27-21(26)15-8-10-16(11-9-15)22-19(24)17-6-3-4-12-23(17)20(25)18-7-5-13-28-18/h5,7-11,13-14,17H,3-4,6,12H2,1-2H3,(H,22,24)/t17-/m1/s1. The van der Waals surface area contributed by atoms with E-state index in [-0.39, 0.29) is 17.9 Å². The number of hydrogen-bond acceptors (Lipinski definition) is 5. The molecule has 2 amide bonds. The molecule has 2 aromatic rings. The lowest BCUT2D eigenvalue weighted by Gasteiger charge is -2.34. The Balaban J connectivity index is 1.67. The molecule has 0 unspecified atom stereocenters. The van der Waals surface area contributed by atoms with Crippen molar-refractivity contribution in [2.45, 2.75) is 45.3 Å². The number of carbonyl (C=O) groups excluding carboxylic acids is 3. The van der Waals surface area contributed by atoms with Crippen LogP contribution in [-0.4, -0.2) is 41.4 Å². The van der Waals surface area contributed by atoms with E-state index in [4.69, 9.17) is 4.74 Å². The maximum absolute atomic E-state index is 12.8. The van der Waals surface area contributed by atoms with Crippen LogP contribution in [0.4, 0.5) is 5.69 Å². The molecule has 7 heteroatoms. The predicted molar refractivity (Wildman–Crippen MR) is 109 cm³/mol. The summed E-state index contributed by atoms with van der Waals surface area (Å²) in [7, 11) is 0. The average molecular weight is 401 g/mol. The lowest BCUT2D eigenvalue weighted by molar-refractivity contribution is -0.121. The van der Waals surface area contributed by atoms with Crippen molar-refractivity contribution in [1.82, 2.24) is 4.90 Å². The highest BCUT2D eigenvalue weighted by molar-refractivity contribution is 7.12. The summed E-state index contributed by atoms with van der Waals surface area (Å²) in [5, 5.41) is 4.73. The van der Waals surface area contributed by atoms with Gasteiger partial charge < -0.3 is 15.0 Å². The molecule has 1 atom stereocenters. The molecular formula is C21H24N2O4S. The van der Waals surface area contributed by atoms with Crippen LogP contribution in [0.1, 0.15) is 53.1 Å². The van der Waals surface area contributed by atoms with Crippen molar-refractivity contribution in [1.29, 1.82) is 0 Å². The zero-order valence-corrected chi connectivity index (χ0v) is 16.8. The number of amides is 2. The highest BCUT2D eigenvalue weighted by atomic mass is 32.1. The lowest BCUT2D eigenvalue weighted by Crippen LogP contribution is -2.49. The van der Waals surface area contributed by atoms with Crippen molar-refractivity contribution in [3.63, 3.8) is 0 Å². The Morgan fingerprint density at radius 3 is 2.54 bits per heavy atom. The van der Waals surface area contributed by atoms with Crippen molar-refractivity contribution in [3.05, 3.63) is 52.2 Å². The number of nitrogens with one attached hydrogen (secondary N) is 1. The Labute approximate surface area is 168 Å². The van der Waals surface area contributed by atoms with Crippen molar-refractivity contribution < 1.29 is 19.1 Å². The van der Waals surface area contributed by atoms with Gasteiger partial charge in [-0.3, -0.25) is 9.59 Å². The number of ether oxygens (including phenoxy) is 1. The number of piperidine rings is 1. The van der Waals surface area contributed by atoms with Crippen molar-refractivity contribution in [2.75, 3.05) is 11.9 Å². The molecule has 0 spiro atoms. The van der Waals surface area contributed by atoms with Gasteiger partial charge in [-0.25, -0.2) is 4.79 Å². The van der Waals surface area contributed by atoms with Crippen LogP contribution in [-0.2, 0) is 9.53 Å². The molecule has 2 heterocycles. The molecule has 148 valence electrons. The molecule has 3 rings (SSSR count). The molecule has 1 N–H and O–H groups in total. The highest BCUT2D eigenvalue weighted by Gasteiger charge is 2.33. The largest absolute Gasteiger partial charge is 0.459 e. The first-order chi connectivity index (χ1) is 13.5. The minimum absolute atomic E-state index is 0.0957. The first-order valence-corrected chi connectivity index (χ1v) is 10.3. The zero-order chi connectivity index (χ0) is 20.1. The Morgan fingerprint density at radius 1 is 1.14 bits per heavy atom. The van der Waals surface area contributed by atoms with Gasteiger partial charge >= 0.3 is 5.97 Å². The summed E-state index contributed by atoms with van der Waals surface area (Å²) in [5.74, 6) is -0.698. The molecule has 28 heavy (non-hydrogen) atoms. The third kappa shape index (κ3) is 4.78. The van der Waals surface area contributed by atoms with Crippen LogP contribution in [0.5, 0.6) is 0 Å². The zero-order valence-electron chi connectivity index (χ0n) is 16.0. The number of thiophene rings is 1. The van der Waals surface area contributed by atoms with E-state index in [1.807, 2.05) is 11.4 Å². The fourth-order valence-corrected chi connectivity index (χ4v) is 3.87. The molecule has 0 aliphatic carbocycles. The van der Waals surface area contributed by atoms with E-state index in [2.05, 4.69) is 5.32 Å². The van der Waals surface area contributed by atoms with Crippen LogP contribution in [0.2, 0.25) is 0 Å². The molecule has 1 saturated heterocycles. The first-order valence-electron chi connectivity index (χ1n) is 9.42. The number of esters is 1. The van der Waals surface area contributed by atoms with E-state index in [1.54, 1.807) is 49.1 Å². The van der Waals surface area contributed by atoms with E-state index in [1.165, 1.54) is 11.3 Å². The third-order valence-corrected chi connectivity index (χ3v) is 5.39. The number of anilines is 1. The van der Waals surface area contributed by atoms with Gasteiger partial charge in [-0.15, -0.1) is 11.3 Å². The number of rotatable bonds is 5. The van der Waals surface area contributed by atoms with Gasteiger partial charge in [-0.2, -0.15) is 0 Å². The Bertz CT molecular complexity index is 831. The van der Waals surface area contributed by atoms with Crippen LogP contribution in [0.25, 0.3) is 0 Å². The predicted octanol–water partition coefficient (Wildman–Crippen LogP) is 3.95. The smallest absolute Gasteiger partial charge is 0.338 e. The van der Waals surface area contributed by atoms with Gasteiger partial charge in [0.15, 0.2) is 0 Å². The molecule has 1 aliphatic rings. The molecule has 0 saturated carbocycles. The highest BCUT2D eigenvalue weighted by Crippen LogP contribution is 2.23. The Hall–Kier alpha value is -2.67. The number of hydrogen-bond donors (Lipinski definition) is 1. The fraction of sp³-hybridized carbons (Fsp3) is 0.381. The van der Waals surface area contributed by atoms with Gasteiger partial charge in [0.1, 0.15) is 6.04 Å². The maximum atomic E-state index is 12.8. The molecule has 1 aromatic heterocycles. The minimum atomic E-state index is -0.492. The molecule has 0 bridgehead atoms. The molecule has 1 aliphatic heterocycles. The summed E-state index contributed by atoms with van der Waals surface area (Å²) in [6.07, 6.45) is 2.26. The Morgan fingerprint density at radius 2 is 1.89 bits per heavy atom. The molecule has 1 fully saturated rings. The van der Waals surface area contributed by atoms with E-state index < -0.39 is 12.0 Å². The van der Waals surface area contributed by atoms with Crippen molar-refractivity contribution >= 4 is 34.8 Å². The normalized spacial score (nSPS) is 16.7. The molecule has 0 radical (unpaired) electrons. The summed E-state index contributed by atoms with van der Waals surface area (Å²) in [6, 6.07) is 9.71. The second kappa shape index (κ2) is 9.01. The average Bonchev–Trinajstić information content (AvgIpc) is 3.22. The quantitative estimate of drug-likeness (QED) is 0.771. The van der Waals surface area contributed by atoms with Crippen LogP contribution < -0.4 is 5.32 Å². The summed E-state index contributed by atoms with van der Waals surface area (Å²) in [6.45, 7) is 4.16. The fourth-order valence-electron chi connectivity index (χ4n) is 3.19. The summed E-state index contributed by atoms with van der Waals surface area (Å²) >= 11 is 1.38. The number of benzene rings is 1. The Kier molecular flexibility index (Phi) is 6.46. The minimum Gasteiger partial charge on any atom is -0.459 e. The number of nitrogens with zero attached hydrogens (tertiary/aromatic N) is 1. The summed E-state index contributed by atoms with van der Waals surface area (Å²) in [4.78, 5) is 39.8. The molecular weight excluding hydrogens is 376 g/mol. The monoisotopic (exact) mass is 400 g/mol.